The van der Waals surface area contributed by atoms with Crippen LogP contribution in [0.5, 0.6) is 5.75 Å². The molecule has 0 radical (unpaired) electrons. The second-order valence-electron chi connectivity index (χ2n) is 8.24. The monoisotopic (exact) mass is 404 g/mol. The number of aryl methyl sites for hydroxylation is 1. The molecule has 0 amide bonds. The molecule has 1 nitrogen and oxygen atoms in total. The van der Waals surface area contributed by atoms with Gasteiger partial charge < -0.3 is 0 Å². The van der Waals surface area contributed by atoms with Gasteiger partial charge in [-0.1, -0.05) is 0 Å². The Labute approximate surface area is 169 Å². The van der Waals surface area contributed by atoms with Gasteiger partial charge in [-0.05, 0) is 0 Å². The maximum Gasteiger partial charge on any atom is -0.147 e. The number of hydrogen-bond acceptors (Lipinski definition) is 1. The van der Waals surface area contributed by atoms with Gasteiger partial charge in [-0.15, -0.1) is 24.8 Å². The number of allylic oxidation sites excluding steroid dienone is 4. The fourth-order valence-corrected chi connectivity index (χ4v) is 4.43. The maximum atomic E-state index is 6.26. The molecular formula is C20H30Cl2OTi. The smallest absolute Gasteiger partial charge is 0.147 e. The van der Waals surface area contributed by atoms with Gasteiger partial charge in [0.1, 0.15) is 0 Å². The Hall–Kier alpha value is -0.206. The molecule has 0 unspecified atom stereocenters. The van der Waals surface area contributed by atoms with Gasteiger partial charge in [0.15, 0.2) is 0 Å². The Morgan fingerprint density at radius 2 is 1.54 bits per heavy atom. The normalized spacial score (nSPS) is 14.1. The van der Waals surface area contributed by atoms with E-state index < -0.39 is 19.5 Å². The summed E-state index contributed by atoms with van der Waals surface area (Å²) < 4.78 is 7.79. The zero-order valence-electron chi connectivity index (χ0n) is 15.8. The van der Waals surface area contributed by atoms with Crippen LogP contribution >= 0.6 is 24.8 Å². The molecule has 1 aromatic carbocycles. The predicted octanol–water partition coefficient (Wildman–Crippen LogP) is 6.77. The van der Waals surface area contributed by atoms with Gasteiger partial charge in [0, 0.05) is 0 Å². The van der Waals surface area contributed by atoms with Crippen LogP contribution in [0.3, 0.4) is 0 Å². The summed E-state index contributed by atoms with van der Waals surface area (Å²) in [5.74, 6) is 1.04. The van der Waals surface area contributed by atoms with E-state index in [1.807, 2.05) is 0 Å². The Balaban J connectivity index is 0.00000264. The molecule has 0 atom stereocenters. The van der Waals surface area contributed by atoms with E-state index in [0.29, 0.717) is 0 Å². The summed E-state index contributed by atoms with van der Waals surface area (Å²) in [6.45, 7) is 15.8. The molecule has 1 aliphatic carbocycles. The van der Waals surface area contributed by atoms with Gasteiger partial charge >= 0.3 is 145 Å². The number of hydrogen-bond donors (Lipinski definition) is 0. The molecule has 0 heterocycles. The van der Waals surface area contributed by atoms with E-state index >= 15 is 0 Å². The Bertz CT molecular complexity index is 620. The van der Waals surface area contributed by atoms with Crippen LogP contribution in [0.25, 0.3) is 0 Å². The van der Waals surface area contributed by atoms with E-state index in [2.05, 4.69) is 78.8 Å². The maximum absolute atomic E-state index is 6.26. The summed E-state index contributed by atoms with van der Waals surface area (Å²) in [6.07, 6.45) is 5.64. The molecule has 24 heavy (non-hydrogen) atoms. The van der Waals surface area contributed by atoms with Crippen LogP contribution in [0.15, 0.2) is 39.8 Å². The van der Waals surface area contributed by atoms with Crippen molar-refractivity contribution in [2.45, 2.75) is 60.3 Å². The SMILES string of the molecule is Cc1cc([O][Ti][C]2=C(C(C)(C)C)C=CC2)cc(C(C)(C)C)c1.Cl.Cl. The number of halogens is 2. The zero-order valence-corrected chi connectivity index (χ0v) is 19.0. The van der Waals surface area contributed by atoms with Gasteiger partial charge in [-0.2, -0.15) is 0 Å². The van der Waals surface area contributed by atoms with E-state index in [-0.39, 0.29) is 35.6 Å². The van der Waals surface area contributed by atoms with Crippen molar-refractivity contribution in [2.75, 3.05) is 0 Å². The van der Waals surface area contributed by atoms with E-state index in [1.165, 1.54) is 20.6 Å². The quantitative estimate of drug-likeness (QED) is 0.504. The van der Waals surface area contributed by atoms with Crippen molar-refractivity contribution in [3.8, 4) is 5.75 Å². The molecule has 1 aromatic rings. The van der Waals surface area contributed by atoms with Crippen molar-refractivity contribution < 1.29 is 22.9 Å². The minimum absolute atomic E-state index is 0. The van der Waals surface area contributed by atoms with Crippen LogP contribution in [0.2, 0.25) is 0 Å². The Morgan fingerprint density at radius 1 is 0.917 bits per heavy atom. The minimum Gasteiger partial charge on any atom is -0.147 e. The molecule has 0 N–H and O–H groups in total. The molecule has 0 aliphatic heterocycles. The molecule has 0 saturated heterocycles. The Kier molecular flexibility index (Phi) is 8.87. The third kappa shape index (κ3) is 6.26. The standard InChI is InChI=1S/C11H16O.C9H13.2ClH.Ti/c1-8-5-9(11(2,3)4)7-10(12)6-8;1-9(2,3)8-6-4-5-7-8;;;/h5-7,12H,1-4H3;4,6H,5H2,1-3H3;2*1H;/q;;;;+1/p-1. The van der Waals surface area contributed by atoms with Crippen molar-refractivity contribution >= 4 is 24.8 Å². The predicted molar refractivity (Wildman–Crippen MR) is 105 cm³/mol. The molecule has 134 valence electrons. The van der Waals surface area contributed by atoms with E-state index in [9.17, 15) is 0 Å². The first-order valence-electron chi connectivity index (χ1n) is 8.02. The molecular weight excluding hydrogens is 375 g/mol. The summed E-state index contributed by atoms with van der Waals surface area (Å²) >= 11 is -0.558. The molecule has 0 saturated carbocycles. The van der Waals surface area contributed by atoms with Crippen molar-refractivity contribution in [1.29, 1.82) is 0 Å². The first-order chi connectivity index (χ1) is 10.1. The van der Waals surface area contributed by atoms with Crippen molar-refractivity contribution in [1.82, 2.24) is 0 Å². The second-order valence-corrected chi connectivity index (χ2v) is 9.82. The van der Waals surface area contributed by atoms with Gasteiger partial charge in [-0.3, -0.25) is 0 Å². The fraction of sp³-hybridized carbons (Fsp3) is 0.500. The molecule has 0 spiro atoms. The van der Waals surface area contributed by atoms with Gasteiger partial charge in [-0.25, -0.2) is 0 Å². The average molecular weight is 405 g/mol. The minimum atomic E-state index is -0.558. The molecule has 0 aromatic heterocycles. The number of benzene rings is 1. The summed E-state index contributed by atoms with van der Waals surface area (Å²) in [5.41, 5.74) is 4.50. The van der Waals surface area contributed by atoms with Crippen LogP contribution in [-0.4, -0.2) is 0 Å². The number of rotatable bonds is 3. The molecule has 2 rings (SSSR count). The van der Waals surface area contributed by atoms with Crippen LogP contribution in [-0.2, 0) is 25.0 Å². The third-order valence-corrected chi connectivity index (χ3v) is 5.60. The van der Waals surface area contributed by atoms with Gasteiger partial charge in [0.2, 0.25) is 0 Å². The zero-order chi connectivity index (χ0) is 16.5. The van der Waals surface area contributed by atoms with E-state index in [4.69, 9.17) is 3.32 Å². The molecule has 4 heteroatoms. The van der Waals surface area contributed by atoms with E-state index in [1.54, 1.807) is 0 Å². The van der Waals surface area contributed by atoms with Gasteiger partial charge in [0.05, 0.1) is 0 Å². The molecule has 0 bridgehead atoms. The van der Waals surface area contributed by atoms with Gasteiger partial charge in [0.25, 0.3) is 0 Å². The average Bonchev–Trinajstić information content (AvgIpc) is 2.83. The summed E-state index contributed by atoms with van der Waals surface area (Å²) in [4.78, 5) is 0. The summed E-state index contributed by atoms with van der Waals surface area (Å²) in [6, 6.07) is 6.65. The van der Waals surface area contributed by atoms with Crippen molar-refractivity contribution in [3.05, 3.63) is 50.9 Å². The van der Waals surface area contributed by atoms with Crippen LogP contribution in [0.1, 0.15) is 59.1 Å². The first kappa shape index (κ1) is 23.8. The third-order valence-electron chi connectivity index (χ3n) is 3.95. The largest absolute Gasteiger partial charge is 0.147 e. The topological polar surface area (TPSA) is 9.23 Å². The first-order valence-corrected chi connectivity index (χ1v) is 9.44. The fourth-order valence-electron chi connectivity index (χ4n) is 2.66. The molecule has 0 fully saturated rings. The van der Waals surface area contributed by atoms with Crippen LogP contribution in [0.4, 0.5) is 0 Å². The van der Waals surface area contributed by atoms with Crippen LogP contribution < -0.4 is 3.32 Å². The summed E-state index contributed by atoms with van der Waals surface area (Å²) in [7, 11) is 0. The van der Waals surface area contributed by atoms with Crippen molar-refractivity contribution in [2.24, 2.45) is 5.41 Å². The molecule has 1 aliphatic rings. The Morgan fingerprint density at radius 3 is 2.08 bits per heavy atom. The van der Waals surface area contributed by atoms with Crippen molar-refractivity contribution in [3.63, 3.8) is 0 Å². The van der Waals surface area contributed by atoms with E-state index in [0.717, 1.165) is 12.2 Å². The van der Waals surface area contributed by atoms with Crippen LogP contribution in [0, 0.1) is 12.3 Å². The second kappa shape index (κ2) is 8.94. The summed E-state index contributed by atoms with van der Waals surface area (Å²) in [5, 5.41) is 0.